The molecule has 0 aromatic heterocycles. The van der Waals surface area contributed by atoms with Crippen molar-refractivity contribution < 1.29 is 19.1 Å². The maximum atomic E-state index is 12.5. The molecule has 2 aliphatic rings. The van der Waals surface area contributed by atoms with E-state index in [0.717, 1.165) is 24.2 Å². The van der Waals surface area contributed by atoms with E-state index in [9.17, 15) is 14.4 Å². The Morgan fingerprint density at radius 2 is 2.04 bits per heavy atom. The Labute approximate surface area is 163 Å². The zero-order valence-electron chi connectivity index (χ0n) is 15.5. The van der Waals surface area contributed by atoms with Gasteiger partial charge in [-0.3, -0.25) is 14.9 Å². The third kappa shape index (κ3) is 4.18. The maximum absolute atomic E-state index is 12.5. The Bertz CT molecular complexity index is 761. The number of nitrogens with zero attached hydrogens (tertiary/aromatic N) is 1. The SMILES string of the molecule is COc1ccc(Cl)cc1C1CCN(C(=O)CCC2(C)NC(=O)NC2=O)CC1. The molecule has 146 valence electrons. The van der Waals surface area contributed by atoms with E-state index in [1.807, 2.05) is 17.0 Å². The molecule has 2 heterocycles. The normalized spacial score (nSPS) is 23.1. The Morgan fingerprint density at radius 1 is 1.33 bits per heavy atom. The van der Waals surface area contributed by atoms with E-state index >= 15 is 0 Å². The van der Waals surface area contributed by atoms with Gasteiger partial charge in [0.1, 0.15) is 11.3 Å². The number of likely N-dealkylation sites (tertiary alicyclic amines) is 1. The predicted molar refractivity (Wildman–Crippen MR) is 101 cm³/mol. The van der Waals surface area contributed by atoms with E-state index < -0.39 is 11.6 Å². The molecule has 27 heavy (non-hydrogen) atoms. The number of halogens is 1. The Hall–Kier alpha value is -2.28. The van der Waals surface area contributed by atoms with Gasteiger partial charge in [-0.2, -0.15) is 0 Å². The molecule has 2 N–H and O–H groups in total. The molecule has 3 rings (SSSR count). The standard InChI is InChI=1S/C19H24ClN3O4/c1-19(17(25)21-18(26)22-19)8-5-16(24)23-9-6-12(7-10-23)14-11-13(20)3-4-15(14)27-2/h3-4,11-12H,5-10H2,1-2H3,(H2,21,22,25,26). The summed E-state index contributed by atoms with van der Waals surface area (Å²) < 4.78 is 5.44. The highest BCUT2D eigenvalue weighted by atomic mass is 35.5. The van der Waals surface area contributed by atoms with Gasteiger partial charge >= 0.3 is 6.03 Å². The van der Waals surface area contributed by atoms with Crippen molar-refractivity contribution in [3.63, 3.8) is 0 Å². The number of rotatable bonds is 5. The van der Waals surface area contributed by atoms with Crippen molar-refractivity contribution in [2.75, 3.05) is 20.2 Å². The fraction of sp³-hybridized carbons (Fsp3) is 0.526. The van der Waals surface area contributed by atoms with E-state index in [2.05, 4.69) is 10.6 Å². The number of amides is 4. The molecule has 7 nitrogen and oxygen atoms in total. The van der Waals surface area contributed by atoms with Gasteiger partial charge in [0, 0.05) is 24.5 Å². The van der Waals surface area contributed by atoms with Crippen LogP contribution in [0.3, 0.4) is 0 Å². The first-order valence-corrected chi connectivity index (χ1v) is 9.45. The number of imide groups is 1. The van der Waals surface area contributed by atoms with Crippen LogP contribution in [0.2, 0.25) is 5.02 Å². The number of hydrogen-bond acceptors (Lipinski definition) is 4. The number of methoxy groups -OCH3 is 1. The molecule has 1 atom stereocenters. The number of ether oxygens (including phenoxy) is 1. The Morgan fingerprint density at radius 3 is 2.63 bits per heavy atom. The minimum Gasteiger partial charge on any atom is -0.496 e. The number of carbonyl (C=O) groups excluding carboxylic acids is 3. The van der Waals surface area contributed by atoms with Crippen molar-refractivity contribution in [3.8, 4) is 5.75 Å². The van der Waals surface area contributed by atoms with Crippen LogP contribution in [0.25, 0.3) is 0 Å². The monoisotopic (exact) mass is 393 g/mol. The molecule has 1 aromatic rings. The molecule has 0 radical (unpaired) electrons. The van der Waals surface area contributed by atoms with Crippen molar-refractivity contribution in [2.45, 2.75) is 44.1 Å². The summed E-state index contributed by atoms with van der Waals surface area (Å²) in [7, 11) is 1.64. The van der Waals surface area contributed by atoms with Gasteiger partial charge in [-0.15, -0.1) is 0 Å². The van der Waals surface area contributed by atoms with Crippen molar-refractivity contribution in [1.82, 2.24) is 15.5 Å². The Kier molecular flexibility index (Phi) is 5.60. The number of hydrogen-bond donors (Lipinski definition) is 2. The molecule has 4 amide bonds. The first kappa shape index (κ1) is 19.5. The van der Waals surface area contributed by atoms with Crippen LogP contribution in [-0.4, -0.2) is 48.5 Å². The maximum Gasteiger partial charge on any atom is 0.322 e. The molecule has 0 bridgehead atoms. The molecule has 0 saturated carbocycles. The van der Waals surface area contributed by atoms with Gasteiger partial charge in [0.25, 0.3) is 5.91 Å². The van der Waals surface area contributed by atoms with Gasteiger partial charge in [-0.05, 0) is 55.9 Å². The van der Waals surface area contributed by atoms with Crippen LogP contribution in [0.1, 0.15) is 44.1 Å². The van der Waals surface area contributed by atoms with E-state index in [0.29, 0.717) is 24.0 Å². The summed E-state index contributed by atoms with van der Waals surface area (Å²) in [4.78, 5) is 37.5. The van der Waals surface area contributed by atoms with Crippen molar-refractivity contribution in [1.29, 1.82) is 0 Å². The summed E-state index contributed by atoms with van der Waals surface area (Å²) in [6.45, 7) is 2.93. The summed E-state index contributed by atoms with van der Waals surface area (Å²) in [6, 6.07) is 5.11. The van der Waals surface area contributed by atoms with Gasteiger partial charge in [-0.25, -0.2) is 4.79 Å². The minimum absolute atomic E-state index is 0.00156. The zero-order valence-corrected chi connectivity index (χ0v) is 16.3. The van der Waals surface area contributed by atoms with Crippen molar-refractivity contribution in [3.05, 3.63) is 28.8 Å². The van der Waals surface area contributed by atoms with Crippen LogP contribution < -0.4 is 15.4 Å². The molecular weight excluding hydrogens is 370 g/mol. The average Bonchev–Trinajstić information content (AvgIpc) is 2.92. The first-order chi connectivity index (χ1) is 12.8. The summed E-state index contributed by atoms with van der Waals surface area (Å²) in [5.74, 6) is 0.731. The molecule has 2 aliphatic heterocycles. The molecule has 8 heteroatoms. The van der Waals surface area contributed by atoms with Gasteiger partial charge in [0.2, 0.25) is 5.91 Å². The molecule has 2 saturated heterocycles. The quantitative estimate of drug-likeness (QED) is 0.752. The van der Waals surface area contributed by atoms with Crippen molar-refractivity contribution >= 4 is 29.4 Å². The van der Waals surface area contributed by atoms with Crippen LogP contribution in [0.4, 0.5) is 4.79 Å². The third-order valence-electron chi connectivity index (χ3n) is 5.44. The van der Waals surface area contributed by atoms with E-state index in [1.54, 1.807) is 20.1 Å². The summed E-state index contributed by atoms with van der Waals surface area (Å²) in [6.07, 6.45) is 2.16. The van der Waals surface area contributed by atoms with Crippen LogP contribution >= 0.6 is 11.6 Å². The first-order valence-electron chi connectivity index (χ1n) is 9.07. The van der Waals surface area contributed by atoms with Gasteiger partial charge in [0.15, 0.2) is 0 Å². The zero-order chi connectivity index (χ0) is 19.6. The average molecular weight is 394 g/mol. The van der Waals surface area contributed by atoms with Crippen LogP contribution in [0.15, 0.2) is 18.2 Å². The van der Waals surface area contributed by atoms with Gasteiger partial charge in [-0.1, -0.05) is 11.6 Å². The van der Waals surface area contributed by atoms with Crippen LogP contribution in [-0.2, 0) is 9.59 Å². The highest BCUT2D eigenvalue weighted by molar-refractivity contribution is 6.30. The number of carbonyl (C=O) groups is 3. The molecule has 2 fully saturated rings. The molecule has 1 aromatic carbocycles. The second-order valence-corrected chi connectivity index (χ2v) is 7.72. The third-order valence-corrected chi connectivity index (χ3v) is 5.67. The van der Waals surface area contributed by atoms with Crippen LogP contribution in [0, 0.1) is 0 Å². The molecular formula is C19H24ClN3O4. The Balaban J connectivity index is 1.55. The lowest BCUT2D eigenvalue weighted by Crippen LogP contribution is -2.45. The fourth-order valence-electron chi connectivity index (χ4n) is 3.73. The highest BCUT2D eigenvalue weighted by Crippen LogP contribution is 2.36. The second-order valence-electron chi connectivity index (χ2n) is 7.28. The fourth-order valence-corrected chi connectivity index (χ4v) is 3.92. The minimum atomic E-state index is -1.01. The van der Waals surface area contributed by atoms with E-state index in [4.69, 9.17) is 16.3 Å². The second kappa shape index (κ2) is 7.76. The largest absolute Gasteiger partial charge is 0.496 e. The van der Waals surface area contributed by atoms with Crippen LogP contribution in [0.5, 0.6) is 5.75 Å². The highest BCUT2D eigenvalue weighted by Gasteiger charge is 2.42. The molecule has 1 unspecified atom stereocenters. The van der Waals surface area contributed by atoms with Gasteiger partial charge < -0.3 is 15.0 Å². The summed E-state index contributed by atoms with van der Waals surface area (Å²) in [5.41, 5.74) is 0.0640. The molecule has 0 spiro atoms. The summed E-state index contributed by atoms with van der Waals surface area (Å²) >= 11 is 6.13. The topological polar surface area (TPSA) is 87.7 Å². The number of benzene rings is 1. The number of urea groups is 1. The van der Waals surface area contributed by atoms with Crippen molar-refractivity contribution in [2.24, 2.45) is 0 Å². The molecule has 0 aliphatic carbocycles. The lowest BCUT2D eigenvalue weighted by molar-refractivity contribution is -0.133. The number of piperidine rings is 1. The summed E-state index contributed by atoms with van der Waals surface area (Å²) in [5, 5.41) is 5.48. The van der Waals surface area contributed by atoms with Gasteiger partial charge in [0.05, 0.1) is 7.11 Å². The lowest BCUT2D eigenvalue weighted by Gasteiger charge is -2.33. The number of nitrogens with one attached hydrogen (secondary N) is 2. The lowest BCUT2D eigenvalue weighted by atomic mass is 9.88. The smallest absolute Gasteiger partial charge is 0.322 e. The predicted octanol–water partition coefficient (Wildman–Crippen LogP) is 2.43. The van der Waals surface area contributed by atoms with E-state index in [-0.39, 0.29) is 24.7 Å². The van der Waals surface area contributed by atoms with E-state index in [1.165, 1.54) is 0 Å².